The third-order valence-electron chi connectivity index (χ3n) is 3.21. The molecule has 0 fully saturated rings. The first-order valence-corrected chi connectivity index (χ1v) is 6.68. The van der Waals surface area contributed by atoms with E-state index < -0.39 is 5.97 Å². The van der Waals surface area contributed by atoms with E-state index in [1.54, 1.807) is 6.07 Å². The second-order valence-electron chi connectivity index (χ2n) is 5.93. The third kappa shape index (κ3) is 3.54. The summed E-state index contributed by atoms with van der Waals surface area (Å²) in [4.78, 5) is 11.0. The van der Waals surface area contributed by atoms with Crippen molar-refractivity contribution in [3.8, 4) is 11.5 Å². The van der Waals surface area contributed by atoms with Crippen LogP contribution in [0.5, 0.6) is 11.5 Å². The van der Waals surface area contributed by atoms with E-state index in [0.717, 1.165) is 0 Å². The Hall–Kier alpha value is -2.49. The summed E-state index contributed by atoms with van der Waals surface area (Å²) >= 11 is 0. The van der Waals surface area contributed by atoms with Crippen LogP contribution in [0, 0.1) is 0 Å². The lowest BCUT2D eigenvalue weighted by molar-refractivity contribution is 0.0697. The van der Waals surface area contributed by atoms with Crippen molar-refractivity contribution in [2.45, 2.75) is 26.2 Å². The normalized spacial score (nSPS) is 11.2. The van der Waals surface area contributed by atoms with Gasteiger partial charge in [0.25, 0.3) is 0 Å². The van der Waals surface area contributed by atoms with Crippen molar-refractivity contribution in [1.82, 2.24) is 0 Å². The van der Waals surface area contributed by atoms with Crippen molar-refractivity contribution in [2.24, 2.45) is 0 Å². The Kier molecular flexibility index (Phi) is 3.89. The van der Waals surface area contributed by atoms with Crippen molar-refractivity contribution < 1.29 is 14.6 Å². The summed E-state index contributed by atoms with van der Waals surface area (Å²) in [7, 11) is 0. The number of hydrogen-bond donors (Lipinski definition) is 2. The maximum Gasteiger partial charge on any atom is 0.337 e. The molecule has 0 saturated heterocycles. The minimum atomic E-state index is -1.07. The van der Waals surface area contributed by atoms with Gasteiger partial charge in [-0.25, -0.2) is 4.79 Å². The average molecular weight is 285 g/mol. The van der Waals surface area contributed by atoms with Gasteiger partial charge in [-0.05, 0) is 41.3 Å². The Labute approximate surface area is 124 Å². The number of nitrogens with two attached hydrogens (primary N) is 1. The summed E-state index contributed by atoms with van der Waals surface area (Å²) in [5.74, 6) is 0.0373. The number of carboxylic acid groups (broad SMARTS) is 1. The molecule has 0 atom stereocenters. The fourth-order valence-electron chi connectivity index (χ4n) is 1.94. The topological polar surface area (TPSA) is 72.5 Å². The van der Waals surface area contributed by atoms with E-state index in [4.69, 9.17) is 15.6 Å². The molecule has 2 aromatic rings. The van der Waals surface area contributed by atoms with Gasteiger partial charge >= 0.3 is 5.97 Å². The highest BCUT2D eigenvalue weighted by molar-refractivity contribution is 5.94. The molecule has 2 aromatic carbocycles. The molecule has 4 nitrogen and oxygen atoms in total. The van der Waals surface area contributed by atoms with Crippen LogP contribution >= 0.6 is 0 Å². The van der Waals surface area contributed by atoms with E-state index in [-0.39, 0.29) is 16.7 Å². The molecule has 0 spiro atoms. The molecule has 0 radical (unpaired) electrons. The van der Waals surface area contributed by atoms with Crippen molar-refractivity contribution in [2.75, 3.05) is 5.73 Å². The standard InChI is InChI=1S/C17H19NO3/c1-17(2,3)11-4-6-12(7-5-11)21-13-8-9-15(18)14(10-13)16(19)20/h4-10H,18H2,1-3H3,(H,19,20). The highest BCUT2D eigenvalue weighted by atomic mass is 16.5. The first-order chi connectivity index (χ1) is 9.77. The lowest BCUT2D eigenvalue weighted by atomic mass is 9.87. The maximum atomic E-state index is 11.0. The molecule has 3 N–H and O–H groups in total. The number of benzene rings is 2. The van der Waals surface area contributed by atoms with Crippen molar-refractivity contribution >= 4 is 11.7 Å². The Morgan fingerprint density at radius 1 is 1.05 bits per heavy atom. The zero-order valence-corrected chi connectivity index (χ0v) is 12.4. The Morgan fingerprint density at radius 2 is 1.62 bits per heavy atom. The number of rotatable bonds is 3. The number of aromatic carboxylic acids is 1. The Morgan fingerprint density at radius 3 is 2.14 bits per heavy atom. The quantitative estimate of drug-likeness (QED) is 0.834. The van der Waals surface area contributed by atoms with Gasteiger partial charge < -0.3 is 15.6 Å². The maximum absolute atomic E-state index is 11.0. The monoisotopic (exact) mass is 285 g/mol. The zero-order valence-electron chi connectivity index (χ0n) is 12.4. The lowest BCUT2D eigenvalue weighted by Gasteiger charge is -2.19. The predicted octanol–water partition coefficient (Wildman–Crippen LogP) is 4.06. The Balaban J connectivity index is 2.22. The van der Waals surface area contributed by atoms with Crippen LogP contribution in [0.25, 0.3) is 0 Å². The first-order valence-electron chi connectivity index (χ1n) is 6.68. The molecule has 0 aliphatic rings. The highest BCUT2D eigenvalue weighted by Crippen LogP contribution is 2.28. The van der Waals surface area contributed by atoms with Crippen LogP contribution in [-0.2, 0) is 5.41 Å². The number of hydrogen-bond acceptors (Lipinski definition) is 3. The van der Waals surface area contributed by atoms with Gasteiger partial charge in [-0.2, -0.15) is 0 Å². The smallest absolute Gasteiger partial charge is 0.337 e. The van der Waals surface area contributed by atoms with Gasteiger partial charge in [0.2, 0.25) is 0 Å². The van der Waals surface area contributed by atoms with Gasteiger partial charge in [-0.1, -0.05) is 32.9 Å². The highest BCUT2D eigenvalue weighted by Gasteiger charge is 2.13. The third-order valence-corrected chi connectivity index (χ3v) is 3.21. The molecular weight excluding hydrogens is 266 g/mol. The van der Waals surface area contributed by atoms with E-state index in [0.29, 0.717) is 11.5 Å². The van der Waals surface area contributed by atoms with Crippen LogP contribution in [-0.4, -0.2) is 11.1 Å². The fourth-order valence-corrected chi connectivity index (χ4v) is 1.94. The van der Waals surface area contributed by atoms with Gasteiger partial charge in [-0.3, -0.25) is 0 Å². The van der Waals surface area contributed by atoms with Gasteiger partial charge in [0.15, 0.2) is 0 Å². The van der Waals surface area contributed by atoms with Crippen LogP contribution in [0.1, 0.15) is 36.7 Å². The summed E-state index contributed by atoms with van der Waals surface area (Å²) in [6.07, 6.45) is 0. The summed E-state index contributed by atoms with van der Waals surface area (Å²) in [5.41, 5.74) is 7.16. The molecule has 0 aromatic heterocycles. The van der Waals surface area contributed by atoms with Gasteiger partial charge in [0.1, 0.15) is 11.5 Å². The molecule has 0 saturated carbocycles. The molecule has 0 heterocycles. The van der Waals surface area contributed by atoms with E-state index in [1.165, 1.54) is 17.7 Å². The van der Waals surface area contributed by atoms with Crippen LogP contribution in [0.3, 0.4) is 0 Å². The van der Waals surface area contributed by atoms with E-state index >= 15 is 0 Å². The van der Waals surface area contributed by atoms with Gasteiger partial charge in [0, 0.05) is 5.69 Å². The molecule has 0 aliphatic carbocycles. The van der Waals surface area contributed by atoms with Crippen LogP contribution < -0.4 is 10.5 Å². The molecule has 0 unspecified atom stereocenters. The van der Waals surface area contributed by atoms with Crippen LogP contribution in [0.2, 0.25) is 0 Å². The largest absolute Gasteiger partial charge is 0.478 e. The predicted molar refractivity (Wildman–Crippen MR) is 83.0 cm³/mol. The van der Waals surface area contributed by atoms with Gasteiger partial charge in [0.05, 0.1) is 5.56 Å². The molecule has 2 rings (SSSR count). The van der Waals surface area contributed by atoms with E-state index in [9.17, 15) is 4.79 Å². The summed E-state index contributed by atoms with van der Waals surface area (Å²) in [5, 5.41) is 9.05. The molecule has 110 valence electrons. The zero-order chi connectivity index (χ0) is 15.6. The number of carboxylic acids is 1. The van der Waals surface area contributed by atoms with Crippen molar-refractivity contribution in [3.63, 3.8) is 0 Å². The molecule has 0 bridgehead atoms. The molecule has 0 amide bonds. The molecular formula is C17H19NO3. The van der Waals surface area contributed by atoms with Crippen molar-refractivity contribution in [1.29, 1.82) is 0 Å². The Bertz CT molecular complexity index is 655. The number of ether oxygens (including phenoxy) is 1. The van der Waals surface area contributed by atoms with Crippen LogP contribution in [0.15, 0.2) is 42.5 Å². The minimum Gasteiger partial charge on any atom is -0.478 e. The summed E-state index contributed by atoms with van der Waals surface area (Å²) < 4.78 is 5.67. The first kappa shape index (κ1) is 14.9. The minimum absolute atomic E-state index is 0.0406. The fraction of sp³-hybridized carbons (Fsp3) is 0.235. The average Bonchev–Trinajstić information content (AvgIpc) is 2.40. The van der Waals surface area contributed by atoms with Crippen LogP contribution in [0.4, 0.5) is 5.69 Å². The van der Waals surface area contributed by atoms with E-state index in [2.05, 4.69) is 20.8 Å². The second kappa shape index (κ2) is 5.48. The molecule has 4 heteroatoms. The number of anilines is 1. The summed E-state index contributed by atoms with van der Waals surface area (Å²) in [6.45, 7) is 6.42. The van der Waals surface area contributed by atoms with Crippen molar-refractivity contribution in [3.05, 3.63) is 53.6 Å². The second-order valence-corrected chi connectivity index (χ2v) is 5.93. The van der Waals surface area contributed by atoms with E-state index in [1.807, 2.05) is 24.3 Å². The molecule has 0 aliphatic heterocycles. The number of carbonyl (C=O) groups is 1. The lowest BCUT2D eigenvalue weighted by Crippen LogP contribution is -2.10. The van der Waals surface area contributed by atoms with Gasteiger partial charge in [-0.15, -0.1) is 0 Å². The SMILES string of the molecule is CC(C)(C)c1ccc(Oc2ccc(N)c(C(=O)O)c2)cc1. The molecule has 21 heavy (non-hydrogen) atoms. The number of nitrogen functional groups attached to an aromatic ring is 1. The summed E-state index contributed by atoms with van der Waals surface area (Å²) in [6, 6.07) is 12.4.